The highest BCUT2D eigenvalue weighted by molar-refractivity contribution is 7.87. The van der Waals surface area contributed by atoms with Crippen LogP contribution in [0.4, 0.5) is 5.69 Å². The van der Waals surface area contributed by atoms with Crippen LogP contribution in [0, 0.1) is 5.92 Å². The lowest BCUT2D eigenvalue weighted by atomic mass is 10.2. The molecule has 0 aliphatic carbocycles. The zero-order valence-electron chi connectivity index (χ0n) is 12.5. The maximum Gasteiger partial charge on any atom is 0.279 e. The summed E-state index contributed by atoms with van der Waals surface area (Å²) in [4.78, 5) is 0. The molecule has 0 amide bonds. The van der Waals surface area contributed by atoms with Crippen molar-refractivity contribution < 1.29 is 8.42 Å². The van der Waals surface area contributed by atoms with Gasteiger partial charge in [-0.25, -0.2) is 4.72 Å². The number of hydrogen-bond donors (Lipinski definition) is 2. The van der Waals surface area contributed by atoms with E-state index in [9.17, 15) is 8.42 Å². The molecule has 0 heterocycles. The van der Waals surface area contributed by atoms with E-state index in [1.807, 2.05) is 32.9 Å². The first-order valence-corrected chi connectivity index (χ1v) is 8.38. The molecular formula is C14H25N3O2S. The number of nitrogens with two attached hydrogens (primary N) is 1. The molecule has 0 fully saturated rings. The minimum Gasteiger partial charge on any atom is -0.399 e. The molecule has 0 radical (unpaired) electrons. The third kappa shape index (κ3) is 5.48. The molecule has 0 spiro atoms. The standard InChI is InChI=1S/C14H25N3O2S/c1-4-8-17(20(18,19)16-10-12(2)3)11-13-6-5-7-14(15)9-13/h5-7,9,12,16H,4,8,10-11,15H2,1-3H3. The maximum absolute atomic E-state index is 12.3. The second kappa shape index (κ2) is 7.61. The Morgan fingerprint density at radius 2 is 2.05 bits per heavy atom. The van der Waals surface area contributed by atoms with Crippen LogP contribution in [0.1, 0.15) is 32.8 Å². The van der Waals surface area contributed by atoms with Crippen molar-refractivity contribution in [2.45, 2.75) is 33.7 Å². The van der Waals surface area contributed by atoms with Crippen molar-refractivity contribution in [1.29, 1.82) is 0 Å². The van der Waals surface area contributed by atoms with Crippen LogP contribution in [0.3, 0.4) is 0 Å². The van der Waals surface area contributed by atoms with Gasteiger partial charge in [0.05, 0.1) is 0 Å². The summed E-state index contributed by atoms with van der Waals surface area (Å²) in [6.45, 7) is 7.19. The lowest BCUT2D eigenvalue weighted by Gasteiger charge is -2.22. The number of nitrogens with one attached hydrogen (secondary N) is 1. The Hall–Kier alpha value is -1.11. The molecule has 0 aliphatic rings. The molecule has 1 aromatic rings. The predicted molar refractivity (Wildman–Crippen MR) is 83.3 cm³/mol. The highest BCUT2D eigenvalue weighted by Crippen LogP contribution is 2.12. The molecule has 0 bridgehead atoms. The fraction of sp³-hybridized carbons (Fsp3) is 0.571. The van der Waals surface area contributed by atoms with Gasteiger partial charge in [0.25, 0.3) is 10.2 Å². The van der Waals surface area contributed by atoms with Crippen LogP contribution in [0.25, 0.3) is 0 Å². The smallest absolute Gasteiger partial charge is 0.279 e. The van der Waals surface area contributed by atoms with Crippen LogP contribution in [-0.2, 0) is 16.8 Å². The summed E-state index contributed by atoms with van der Waals surface area (Å²) < 4.78 is 28.7. The molecule has 1 aromatic carbocycles. The van der Waals surface area contributed by atoms with Crippen molar-refractivity contribution >= 4 is 15.9 Å². The molecule has 3 N–H and O–H groups in total. The summed E-state index contributed by atoms with van der Waals surface area (Å²) in [5.74, 6) is 0.278. The van der Waals surface area contributed by atoms with E-state index in [2.05, 4.69) is 4.72 Å². The van der Waals surface area contributed by atoms with Crippen molar-refractivity contribution in [2.24, 2.45) is 5.92 Å². The minimum absolute atomic E-state index is 0.278. The van der Waals surface area contributed by atoms with Gasteiger partial charge >= 0.3 is 0 Å². The summed E-state index contributed by atoms with van der Waals surface area (Å²) >= 11 is 0. The van der Waals surface area contributed by atoms with Gasteiger partial charge in [0, 0.05) is 25.3 Å². The first-order chi connectivity index (χ1) is 9.35. The summed E-state index contributed by atoms with van der Waals surface area (Å²) in [5, 5.41) is 0. The van der Waals surface area contributed by atoms with Crippen LogP contribution in [-0.4, -0.2) is 25.8 Å². The summed E-state index contributed by atoms with van der Waals surface area (Å²) in [7, 11) is -3.45. The highest BCUT2D eigenvalue weighted by atomic mass is 32.2. The molecule has 0 unspecified atom stereocenters. The number of nitrogen functional groups attached to an aromatic ring is 1. The van der Waals surface area contributed by atoms with Crippen LogP contribution in [0.15, 0.2) is 24.3 Å². The van der Waals surface area contributed by atoms with Crippen molar-refractivity contribution in [1.82, 2.24) is 9.03 Å². The Labute approximate surface area is 122 Å². The SMILES string of the molecule is CCCN(Cc1cccc(N)c1)S(=O)(=O)NCC(C)C. The van der Waals surface area contributed by atoms with E-state index in [4.69, 9.17) is 5.73 Å². The molecule has 114 valence electrons. The van der Waals surface area contributed by atoms with E-state index in [1.54, 1.807) is 12.1 Å². The van der Waals surface area contributed by atoms with Crippen molar-refractivity contribution in [3.8, 4) is 0 Å². The second-order valence-corrected chi connectivity index (χ2v) is 7.08. The summed E-state index contributed by atoms with van der Waals surface area (Å²) in [6.07, 6.45) is 0.769. The Bertz CT molecular complexity index is 515. The topological polar surface area (TPSA) is 75.4 Å². The van der Waals surface area contributed by atoms with Crippen LogP contribution in [0.5, 0.6) is 0 Å². The van der Waals surface area contributed by atoms with Gasteiger partial charge in [0.1, 0.15) is 0 Å². The zero-order valence-corrected chi connectivity index (χ0v) is 13.3. The van der Waals surface area contributed by atoms with E-state index < -0.39 is 10.2 Å². The number of hydrogen-bond acceptors (Lipinski definition) is 3. The van der Waals surface area contributed by atoms with Gasteiger partial charge in [0.2, 0.25) is 0 Å². The quantitative estimate of drug-likeness (QED) is 0.721. The Morgan fingerprint density at radius 3 is 2.60 bits per heavy atom. The van der Waals surface area contributed by atoms with Crippen molar-refractivity contribution in [2.75, 3.05) is 18.8 Å². The summed E-state index contributed by atoms with van der Waals surface area (Å²) in [6, 6.07) is 7.32. The largest absolute Gasteiger partial charge is 0.399 e. The average molecular weight is 299 g/mol. The molecular weight excluding hydrogens is 274 g/mol. The van der Waals surface area contributed by atoms with E-state index >= 15 is 0 Å². The van der Waals surface area contributed by atoms with E-state index in [0.29, 0.717) is 25.3 Å². The molecule has 5 nitrogen and oxygen atoms in total. The van der Waals surface area contributed by atoms with E-state index in [0.717, 1.165) is 12.0 Å². The third-order valence-electron chi connectivity index (χ3n) is 2.80. The lowest BCUT2D eigenvalue weighted by molar-refractivity contribution is 0.394. The van der Waals surface area contributed by atoms with Gasteiger partial charge in [-0.15, -0.1) is 0 Å². The van der Waals surface area contributed by atoms with Gasteiger partial charge in [-0.05, 0) is 30.0 Å². The molecule has 20 heavy (non-hydrogen) atoms. The molecule has 0 atom stereocenters. The lowest BCUT2D eigenvalue weighted by Crippen LogP contribution is -2.42. The molecule has 6 heteroatoms. The highest BCUT2D eigenvalue weighted by Gasteiger charge is 2.21. The average Bonchev–Trinajstić information content (AvgIpc) is 2.36. The number of rotatable bonds is 8. The predicted octanol–water partition coefficient (Wildman–Crippen LogP) is 1.97. The van der Waals surface area contributed by atoms with Crippen molar-refractivity contribution in [3.63, 3.8) is 0 Å². The third-order valence-corrected chi connectivity index (χ3v) is 4.32. The van der Waals surface area contributed by atoms with Gasteiger partial charge < -0.3 is 5.73 Å². The first-order valence-electron chi connectivity index (χ1n) is 6.94. The van der Waals surface area contributed by atoms with Gasteiger partial charge in [0.15, 0.2) is 0 Å². The minimum atomic E-state index is -3.45. The van der Waals surface area contributed by atoms with Crippen LogP contribution >= 0.6 is 0 Å². The molecule has 0 aliphatic heterocycles. The monoisotopic (exact) mass is 299 g/mol. The molecule has 1 rings (SSSR count). The fourth-order valence-electron chi connectivity index (χ4n) is 1.79. The maximum atomic E-state index is 12.3. The van der Waals surface area contributed by atoms with Gasteiger partial charge in [-0.2, -0.15) is 12.7 Å². The zero-order chi connectivity index (χ0) is 15.2. The Balaban J connectivity index is 2.82. The van der Waals surface area contributed by atoms with E-state index in [-0.39, 0.29) is 5.92 Å². The van der Waals surface area contributed by atoms with Crippen LogP contribution in [0.2, 0.25) is 0 Å². The molecule has 0 aromatic heterocycles. The van der Waals surface area contributed by atoms with Gasteiger partial charge in [-0.1, -0.05) is 32.9 Å². The fourth-order valence-corrected chi connectivity index (χ4v) is 3.26. The Morgan fingerprint density at radius 1 is 1.35 bits per heavy atom. The van der Waals surface area contributed by atoms with Crippen molar-refractivity contribution in [3.05, 3.63) is 29.8 Å². The second-order valence-electron chi connectivity index (χ2n) is 5.33. The molecule has 0 saturated heterocycles. The number of anilines is 1. The summed E-state index contributed by atoms with van der Waals surface area (Å²) in [5.41, 5.74) is 7.27. The van der Waals surface area contributed by atoms with E-state index in [1.165, 1.54) is 4.31 Å². The van der Waals surface area contributed by atoms with Gasteiger partial charge in [-0.3, -0.25) is 0 Å². The number of benzene rings is 1. The first kappa shape index (κ1) is 16.9. The molecule has 0 saturated carbocycles. The number of nitrogens with zero attached hydrogens (tertiary/aromatic N) is 1. The van der Waals surface area contributed by atoms with Crippen LogP contribution < -0.4 is 10.5 Å². The normalized spacial score (nSPS) is 12.2. The Kier molecular flexibility index (Phi) is 6.45.